The lowest BCUT2D eigenvalue weighted by molar-refractivity contribution is -0.123. The van der Waals surface area contributed by atoms with Gasteiger partial charge in [-0.25, -0.2) is 0 Å². The van der Waals surface area contributed by atoms with E-state index in [2.05, 4.69) is 24.2 Å². The third-order valence-electron chi connectivity index (χ3n) is 4.94. The second-order valence-electron chi connectivity index (χ2n) is 6.60. The summed E-state index contributed by atoms with van der Waals surface area (Å²) in [5.41, 5.74) is 5.90. The molecule has 1 aliphatic heterocycles. The van der Waals surface area contributed by atoms with Crippen LogP contribution in [-0.2, 0) is 4.79 Å². The van der Waals surface area contributed by atoms with Crippen LogP contribution < -0.4 is 11.1 Å². The zero-order valence-electron chi connectivity index (χ0n) is 12.4. The molecule has 1 saturated carbocycles. The van der Waals surface area contributed by atoms with Crippen molar-refractivity contribution < 1.29 is 4.79 Å². The molecule has 1 amide bonds. The van der Waals surface area contributed by atoms with E-state index in [0.717, 1.165) is 45.1 Å². The standard InChI is InChI=1S/C15H29N3O/c1-11-9-14(7-8-18(11)2)17-15(19)10-12-3-5-13(16)6-4-12/h11-14H,3-10,16H2,1-2H3,(H,17,19). The molecule has 2 unspecified atom stereocenters. The summed E-state index contributed by atoms with van der Waals surface area (Å²) in [4.78, 5) is 14.5. The van der Waals surface area contributed by atoms with E-state index in [1.54, 1.807) is 0 Å². The van der Waals surface area contributed by atoms with Crippen molar-refractivity contribution in [2.45, 2.75) is 70.0 Å². The molecule has 0 aromatic heterocycles. The van der Waals surface area contributed by atoms with Gasteiger partial charge in [0.05, 0.1) is 0 Å². The molecule has 0 radical (unpaired) electrons. The Morgan fingerprint density at radius 3 is 2.58 bits per heavy atom. The van der Waals surface area contributed by atoms with Crippen LogP contribution in [0, 0.1) is 5.92 Å². The highest BCUT2D eigenvalue weighted by Crippen LogP contribution is 2.26. The lowest BCUT2D eigenvalue weighted by Gasteiger charge is -2.35. The molecule has 0 aromatic rings. The second-order valence-corrected chi connectivity index (χ2v) is 6.60. The zero-order valence-corrected chi connectivity index (χ0v) is 12.4. The number of likely N-dealkylation sites (tertiary alicyclic amines) is 1. The normalized spacial score (nSPS) is 37.0. The Bertz CT molecular complexity index is 300. The monoisotopic (exact) mass is 267 g/mol. The van der Waals surface area contributed by atoms with Gasteiger partial charge >= 0.3 is 0 Å². The molecule has 4 heteroatoms. The molecule has 2 rings (SSSR count). The lowest BCUT2D eigenvalue weighted by Crippen LogP contribution is -2.47. The van der Waals surface area contributed by atoms with Gasteiger partial charge in [0, 0.05) is 31.1 Å². The molecular formula is C15H29N3O. The number of nitrogens with two attached hydrogens (primary N) is 1. The van der Waals surface area contributed by atoms with Crippen LogP contribution in [-0.4, -0.2) is 42.5 Å². The highest BCUT2D eigenvalue weighted by atomic mass is 16.1. The number of nitrogens with one attached hydrogen (secondary N) is 1. The van der Waals surface area contributed by atoms with E-state index in [1.165, 1.54) is 0 Å². The number of amides is 1. The molecule has 1 heterocycles. The highest BCUT2D eigenvalue weighted by Gasteiger charge is 2.26. The van der Waals surface area contributed by atoms with Crippen molar-refractivity contribution >= 4 is 5.91 Å². The summed E-state index contributed by atoms with van der Waals surface area (Å²) in [6.07, 6.45) is 7.29. The number of nitrogens with zero attached hydrogens (tertiary/aromatic N) is 1. The number of carbonyl (C=O) groups is 1. The minimum absolute atomic E-state index is 0.252. The number of piperidine rings is 1. The van der Waals surface area contributed by atoms with Gasteiger partial charge in [-0.05, 0) is 58.4 Å². The van der Waals surface area contributed by atoms with Gasteiger partial charge in [-0.1, -0.05) is 0 Å². The van der Waals surface area contributed by atoms with Crippen molar-refractivity contribution in [1.82, 2.24) is 10.2 Å². The van der Waals surface area contributed by atoms with Crippen molar-refractivity contribution in [3.05, 3.63) is 0 Å². The Morgan fingerprint density at radius 2 is 1.95 bits per heavy atom. The zero-order chi connectivity index (χ0) is 13.8. The van der Waals surface area contributed by atoms with Gasteiger partial charge in [-0.2, -0.15) is 0 Å². The van der Waals surface area contributed by atoms with Gasteiger partial charge in [0.2, 0.25) is 5.91 Å². The van der Waals surface area contributed by atoms with Gasteiger partial charge in [-0.3, -0.25) is 4.79 Å². The maximum atomic E-state index is 12.1. The molecule has 0 spiro atoms. The minimum Gasteiger partial charge on any atom is -0.353 e. The van der Waals surface area contributed by atoms with Crippen LogP contribution in [0.2, 0.25) is 0 Å². The third-order valence-corrected chi connectivity index (χ3v) is 4.94. The average molecular weight is 267 g/mol. The summed E-state index contributed by atoms with van der Waals surface area (Å²) in [6, 6.07) is 1.32. The quantitative estimate of drug-likeness (QED) is 0.814. The van der Waals surface area contributed by atoms with Crippen LogP contribution in [0.1, 0.15) is 51.9 Å². The fourth-order valence-corrected chi connectivity index (χ4v) is 3.36. The molecule has 2 fully saturated rings. The molecule has 0 aromatic carbocycles. The summed E-state index contributed by atoms with van der Waals surface area (Å²) in [5.74, 6) is 0.811. The summed E-state index contributed by atoms with van der Waals surface area (Å²) in [7, 11) is 2.16. The number of hydrogen-bond donors (Lipinski definition) is 2. The van der Waals surface area contributed by atoms with E-state index in [9.17, 15) is 4.79 Å². The molecule has 2 atom stereocenters. The predicted molar refractivity (Wildman–Crippen MR) is 77.8 cm³/mol. The number of carbonyl (C=O) groups excluding carboxylic acids is 1. The van der Waals surface area contributed by atoms with Gasteiger partial charge < -0.3 is 16.0 Å². The Hall–Kier alpha value is -0.610. The first-order valence-corrected chi connectivity index (χ1v) is 7.79. The summed E-state index contributed by atoms with van der Waals surface area (Å²) in [6.45, 7) is 3.32. The molecule has 1 aliphatic carbocycles. The largest absolute Gasteiger partial charge is 0.353 e. The molecule has 1 saturated heterocycles. The lowest BCUT2D eigenvalue weighted by atomic mass is 9.84. The molecule has 2 aliphatic rings. The van der Waals surface area contributed by atoms with Crippen molar-refractivity contribution in [3.8, 4) is 0 Å². The second kappa shape index (κ2) is 6.71. The van der Waals surface area contributed by atoms with E-state index in [4.69, 9.17) is 5.73 Å². The van der Waals surface area contributed by atoms with Crippen LogP contribution in [0.15, 0.2) is 0 Å². The van der Waals surface area contributed by atoms with Crippen molar-refractivity contribution in [2.24, 2.45) is 11.7 Å². The van der Waals surface area contributed by atoms with Crippen molar-refractivity contribution in [1.29, 1.82) is 0 Å². The van der Waals surface area contributed by atoms with Crippen molar-refractivity contribution in [3.63, 3.8) is 0 Å². The first-order chi connectivity index (χ1) is 9.04. The smallest absolute Gasteiger partial charge is 0.220 e. The first-order valence-electron chi connectivity index (χ1n) is 7.79. The molecular weight excluding hydrogens is 238 g/mol. The average Bonchev–Trinajstić information content (AvgIpc) is 2.37. The summed E-state index contributed by atoms with van der Waals surface area (Å²) in [5, 5.41) is 3.23. The van der Waals surface area contributed by atoms with Crippen LogP contribution in [0.25, 0.3) is 0 Å². The van der Waals surface area contributed by atoms with E-state index >= 15 is 0 Å². The number of rotatable bonds is 3. The van der Waals surface area contributed by atoms with Crippen LogP contribution >= 0.6 is 0 Å². The van der Waals surface area contributed by atoms with Gasteiger partial charge in [0.1, 0.15) is 0 Å². The minimum atomic E-state index is 0.252. The number of hydrogen-bond acceptors (Lipinski definition) is 3. The van der Waals surface area contributed by atoms with Gasteiger partial charge in [0.25, 0.3) is 0 Å². The molecule has 110 valence electrons. The SMILES string of the molecule is CC1CC(NC(=O)CC2CCC(N)CC2)CCN1C. The Kier molecular flexibility index (Phi) is 5.22. The highest BCUT2D eigenvalue weighted by molar-refractivity contribution is 5.76. The predicted octanol–water partition coefficient (Wildman–Crippen LogP) is 1.49. The van der Waals surface area contributed by atoms with Crippen LogP contribution in [0.3, 0.4) is 0 Å². The Morgan fingerprint density at radius 1 is 1.26 bits per heavy atom. The molecule has 0 bridgehead atoms. The Balaban J connectivity index is 1.69. The van der Waals surface area contributed by atoms with E-state index in [1.807, 2.05) is 0 Å². The van der Waals surface area contributed by atoms with E-state index in [0.29, 0.717) is 30.5 Å². The third kappa shape index (κ3) is 4.46. The topological polar surface area (TPSA) is 58.4 Å². The van der Waals surface area contributed by atoms with Crippen LogP contribution in [0.4, 0.5) is 0 Å². The first kappa shape index (κ1) is 14.8. The van der Waals surface area contributed by atoms with Crippen molar-refractivity contribution in [2.75, 3.05) is 13.6 Å². The fourth-order valence-electron chi connectivity index (χ4n) is 3.36. The fraction of sp³-hybridized carbons (Fsp3) is 0.933. The summed E-state index contributed by atoms with van der Waals surface area (Å²) < 4.78 is 0. The molecule has 19 heavy (non-hydrogen) atoms. The van der Waals surface area contributed by atoms with Gasteiger partial charge in [-0.15, -0.1) is 0 Å². The van der Waals surface area contributed by atoms with E-state index < -0.39 is 0 Å². The van der Waals surface area contributed by atoms with Crippen LogP contribution in [0.5, 0.6) is 0 Å². The summed E-state index contributed by atoms with van der Waals surface area (Å²) >= 11 is 0. The Labute approximate surface area is 117 Å². The maximum absolute atomic E-state index is 12.1. The molecule has 3 N–H and O–H groups in total. The molecule has 4 nitrogen and oxygen atoms in total. The maximum Gasteiger partial charge on any atom is 0.220 e. The van der Waals surface area contributed by atoms with E-state index in [-0.39, 0.29) is 5.91 Å². The van der Waals surface area contributed by atoms with Gasteiger partial charge in [0.15, 0.2) is 0 Å².